The minimum absolute atomic E-state index is 0.359. The van der Waals surface area contributed by atoms with Gasteiger partial charge < -0.3 is 10.4 Å². The summed E-state index contributed by atoms with van der Waals surface area (Å²) in [6.45, 7) is 6.41. The number of hydrogen-bond donors (Lipinski definition) is 2. The highest BCUT2D eigenvalue weighted by molar-refractivity contribution is 5.87. The molecule has 0 saturated heterocycles. The van der Waals surface area contributed by atoms with Crippen molar-refractivity contribution in [3.63, 3.8) is 0 Å². The third-order valence-corrected chi connectivity index (χ3v) is 4.13. The van der Waals surface area contributed by atoms with E-state index in [9.17, 15) is 4.79 Å². The number of aromatic carboxylic acids is 1. The first-order valence-corrected chi connectivity index (χ1v) is 7.02. The van der Waals surface area contributed by atoms with Crippen LogP contribution in [0.15, 0.2) is 24.3 Å². The second-order valence-corrected chi connectivity index (χ2v) is 6.20. The van der Waals surface area contributed by atoms with E-state index in [0.29, 0.717) is 11.0 Å². The molecule has 1 fully saturated rings. The van der Waals surface area contributed by atoms with Crippen LogP contribution in [-0.4, -0.2) is 17.6 Å². The van der Waals surface area contributed by atoms with E-state index in [4.69, 9.17) is 5.11 Å². The average molecular weight is 261 g/mol. The van der Waals surface area contributed by atoms with Crippen molar-refractivity contribution in [2.75, 3.05) is 6.54 Å². The molecule has 0 aliphatic heterocycles. The second-order valence-electron chi connectivity index (χ2n) is 6.20. The molecule has 3 heteroatoms. The zero-order valence-electron chi connectivity index (χ0n) is 11.8. The Morgan fingerprint density at radius 1 is 1.42 bits per heavy atom. The van der Waals surface area contributed by atoms with Gasteiger partial charge in [0.15, 0.2) is 0 Å². The molecule has 0 atom stereocenters. The summed E-state index contributed by atoms with van der Waals surface area (Å²) < 4.78 is 0. The lowest BCUT2D eigenvalue weighted by Crippen LogP contribution is -2.23. The van der Waals surface area contributed by atoms with Crippen LogP contribution in [0.1, 0.15) is 49.0 Å². The van der Waals surface area contributed by atoms with Crippen molar-refractivity contribution in [1.82, 2.24) is 5.32 Å². The lowest BCUT2D eigenvalue weighted by Gasteiger charge is -2.24. The zero-order chi connectivity index (χ0) is 13.9. The molecule has 2 N–H and O–H groups in total. The van der Waals surface area contributed by atoms with E-state index >= 15 is 0 Å². The fraction of sp³-hybridized carbons (Fsp3) is 0.562. The van der Waals surface area contributed by atoms with E-state index in [2.05, 4.69) is 19.2 Å². The molecule has 0 aromatic heterocycles. The van der Waals surface area contributed by atoms with Gasteiger partial charge in [-0.3, -0.25) is 0 Å². The molecule has 0 unspecified atom stereocenters. The van der Waals surface area contributed by atoms with Crippen LogP contribution in [0.5, 0.6) is 0 Å². The van der Waals surface area contributed by atoms with Crippen LogP contribution in [0.3, 0.4) is 0 Å². The average Bonchev–Trinajstić information content (AvgIpc) is 3.19. The Kier molecular flexibility index (Phi) is 4.25. The molecule has 19 heavy (non-hydrogen) atoms. The van der Waals surface area contributed by atoms with Crippen LogP contribution in [0.2, 0.25) is 0 Å². The third kappa shape index (κ3) is 4.06. The maximum absolute atomic E-state index is 10.9. The fourth-order valence-electron chi connectivity index (χ4n) is 2.53. The van der Waals surface area contributed by atoms with Gasteiger partial charge in [0.2, 0.25) is 0 Å². The van der Waals surface area contributed by atoms with E-state index in [-0.39, 0.29) is 0 Å². The first kappa shape index (κ1) is 14.1. The summed E-state index contributed by atoms with van der Waals surface area (Å²) in [5, 5.41) is 12.3. The van der Waals surface area contributed by atoms with E-state index in [1.165, 1.54) is 19.3 Å². The van der Waals surface area contributed by atoms with Gasteiger partial charge in [-0.05, 0) is 54.8 Å². The Labute approximate surface area is 115 Å². The lowest BCUT2D eigenvalue weighted by atomic mass is 9.84. The molecule has 1 saturated carbocycles. The Balaban J connectivity index is 1.76. The largest absolute Gasteiger partial charge is 0.478 e. The van der Waals surface area contributed by atoms with Gasteiger partial charge in [-0.1, -0.05) is 26.0 Å². The van der Waals surface area contributed by atoms with E-state index in [0.717, 1.165) is 24.6 Å². The van der Waals surface area contributed by atoms with Crippen LogP contribution in [0, 0.1) is 11.3 Å². The van der Waals surface area contributed by atoms with Gasteiger partial charge in [-0.25, -0.2) is 4.79 Å². The summed E-state index contributed by atoms with van der Waals surface area (Å²) in [5.74, 6) is 0.0429. The number of rotatable bonds is 7. The molecule has 0 radical (unpaired) electrons. The van der Waals surface area contributed by atoms with Gasteiger partial charge in [0.25, 0.3) is 0 Å². The van der Waals surface area contributed by atoms with Crippen molar-refractivity contribution >= 4 is 5.97 Å². The van der Waals surface area contributed by atoms with Gasteiger partial charge in [0, 0.05) is 6.54 Å². The minimum Gasteiger partial charge on any atom is -0.478 e. The van der Waals surface area contributed by atoms with Crippen LogP contribution in [0.4, 0.5) is 0 Å². The summed E-state index contributed by atoms with van der Waals surface area (Å²) in [5.41, 5.74) is 1.83. The van der Waals surface area contributed by atoms with Crippen molar-refractivity contribution in [3.05, 3.63) is 35.4 Å². The van der Waals surface area contributed by atoms with Crippen molar-refractivity contribution in [2.45, 2.75) is 39.7 Å². The van der Waals surface area contributed by atoms with Crippen molar-refractivity contribution < 1.29 is 9.90 Å². The first-order valence-electron chi connectivity index (χ1n) is 7.02. The quantitative estimate of drug-likeness (QED) is 0.740. The van der Waals surface area contributed by atoms with Crippen LogP contribution < -0.4 is 5.32 Å². The minimum atomic E-state index is -0.864. The SMILES string of the molecule is CC(C)(CCNCc1cccc(C(=O)O)c1)C1CC1. The standard InChI is InChI=1S/C16H23NO2/c1-16(2,14-6-7-14)8-9-17-11-12-4-3-5-13(10-12)15(18)19/h3-5,10,14,17H,6-9,11H2,1-2H3,(H,18,19). The molecule has 0 heterocycles. The van der Waals surface area contributed by atoms with E-state index in [1.54, 1.807) is 18.2 Å². The summed E-state index contributed by atoms with van der Waals surface area (Å²) >= 11 is 0. The highest BCUT2D eigenvalue weighted by Crippen LogP contribution is 2.46. The molecule has 1 aromatic carbocycles. The lowest BCUT2D eigenvalue weighted by molar-refractivity contribution is 0.0696. The van der Waals surface area contributed by atoms with Gasteiger partial charge in [0.05, 0.1) is 5.56 Å². The van der Waals surface area contributed by atoms with Crippen molar-refractivity contribution in [2.24, 2.45) is 11.3 Å². The second kappa shape index (κ2) is 5.74. The highest BCUT2D eigenvalue weighted by Gasteiger charge is 2.36. The third-order valence-electron chi connectivity index (χ3n) is 4.13. The molecule has 0 bridgehead atoms. The maximum atomic E-state index is 10.9. The molecule has 0 spiro atoms. The summed E-state index contributed by atoms with van der Waals surface area (Å²) in [6.07, 6.45) is 3.94. The number of nitrogens with one attached hydrogen (secondary N) is 1. The summed E-state index contributed by atoms with van der Waals surface area (Å²) in [6, 6.07) is 7.13. The molecule has 0 amide bonds. The number of hydrogen-bond acceptors (Lipinski definition) is 2. The smallest absolute Gasteiger partial charge is 0.335 e. The number of carboxylic acid groups (broad SMARTS) is 1. The Morgan fingerprint density at radius 3 is 2.79 bits per heavy atom. The predicted molar refractivity (Wildman–Crippen MR) is 76.2 cm³/mol. The van der Waals surface area contributed by atoms with Gasteiger partial charge in [0.1, 0.15) is 0 Å². The maximum Gasteiger partial charge on any atom is 0.335 e. The highest BCUT2D eigenvalue weighted by atomic mass is 16.4. The van der Waals surface area contributed by atoms with Crippen LogP contribution in [-0.2, 0) is 6.54 Å². The number of benzene rings is 1. The zero-order valence-corrected chi connectivity index (χ0v) is 11.8. The topological polar surface area (TPSA) is 49.3 Å². The number of carbonyl (C=O) groups is 1. The predicted octanol–water partition coefficient (Wildman–Crippen LogP) is 3.30. The molecular weight excluding hydrogens is 238 g/mol. The summed E-state index contributed by atoms with van der Waals surface area (Å²) in [7, 11) is 0. The number of carboxylic acids is 1. The van der Waals surface area contributed by atoms with Crippen LogP contribution in [0.25, 0.3) is 0 Å². The Hall–Kier alpha value is -1.35. The van der Waals surface area contributed by atoms with Gasteiger partial charge in [-0.2, -0.15) is 0 Å². The first-order chi connectivity index (χ1) is 8.99. The normalized spacial score (nSPS) is 15.5. The fourth-order valence-corrected chi connectivity index (χ4v) is 2.53. The van der Waals surface area contributed by atoms with E-state index < -0.39 is 5.97 Å². The molecule has 2 rings (SSSR count). The van der Waals surface area contributed by atoms with Crippen molar-refractivity contribution in [1.29, 1.82) is 0 Å². The van der Waals surface area contributed by atoms with Crippen LogP contribution >= 0.6 is 0 Å². The molecule has 1 aliphatic carbocycles. The Bertz CT molecular complexity index is 450. The molecule has 3 nitrogen and oxygen atoms in total. The van der Waals surface area contributed by atoms with Gasteiger partial charge in [-0.15, -0.1) is 0 Å². The molecule has 104 valence electrons. The molecule has 1 aromatic rings. The van der Waals surface area contributed by atoms with Crippen molar-refractivity contribution in [3.8, 4) is 0 Å². The summed E-state index contributed by atoms with van der Waals surface area (Å²) in [4.78, 5) is 10.9. The molecular formula is C16H23NO2. The van der Waals surface area contributed by atoms with Gasteiger partial charge >= 0.3 is 5.97 Å². The van der Waals surface area contributed by atoms with E-state index in [1.807, 2.05) is 6.07 Å². The monoisotopic (exact) mass is 261 g/mol. The Morgan fingerprint density at radius 2 is 2.16 bits per heavy atom. The molecule has 1 aliphatic rings.